The smallest absolute Gasteiger partial charge is 0.305 e. The zero-order chi connectivity index (χ0) is 15.4. The lowest BCUT2D eigenvalue weighted by atomic mass is 10.2. The number of carbonyl (C=O) groups is 1. The topological polar surface area (TPSA) is 132 Å². The van der Waals surface area contributed by atoms with Crippen LogP contribution in [0.15, 0.2) is 0 Å². The van der Waals surface area contributed by atoms with E-state index in [1.54, 1.807) is 0 Å². The Morgan fingerprint density at radius 2 is 1.85 bits per heavy atom. The molecular formula is C10H22N2O8. The largest absolute Gasteiger partial charge is 0.466 e. The second-order valence-corrected chi connectivity index (χ2v) is 3.99. The average molecular weight is 298 g/mol. The third-order valence-electron chi connectivity index (χ3n) is 2.26. The maximum Gasteiger partial charge on any atom is 0.305 e. The highest BCUT2D eigenvalue weighted by Gasteiger charge is 2.15. The van der Waals surface area contributed by atoms with Crippen LogP contribution in [-0.4, -0.2) is 56.9 Å². The zero-order valence-corrected chi connectivity index (χ0v) is 11.3. The summed E-state index contributed by atoms with van der Waals surface area (Å²) < 4.78 is 4.94. The molecule has 0 aliphatic heterocycles. The third-order valence-corrected chi connectivity index (χ3v) is 2.26. The fourth-order valence-corrected chi connectivity index (χ4v) is 1.39. The van der Waals surface area contributed by atoms with Crippen molar-refractivity contribution in [2.45, 2.75) is 45.1 Å². The van der Waals surface area contributed by atoms with E-state index in [-0.39, 0.29) is 19.2 Å². The minimum Gasteiger partial charge on any atom is -0.466 e. The van der Waals surface area contributed by atoms with Gasteiger partial charge in [-0.3, -0.25) is 25.6 Å². The SMILES string of the molecule is CCCC(=O)OCCCC[C@H](CON(O)O)ON(O)O. The molecule has 0 saturated heterocycles. The number of carbonyl (C=O) groups excluding carboxylic acids is 1. The molecule has 0 heterocycles. The van der Waals surface area contributed by atoms with Crippen LogP contribution in [0.1, 0.15) is 39.0 Å². The van der Waals surface area contributed by atoms with E-state index in [4.69, 9.17) is 25.6 Å². The molecule has 10 heteroatoms. The van der Waals surface area contributed by atoms with Gasteiger partial charge < -0.3 is 4.74 Å². The standard InChI is InChI=1S/C10H22N2O8/c1-2-5-10(13)18-7-4-3-6-9(20-12(16)17)8-19-11(14)15/h9,14-17H,2-8H2,1H3/t9-/m1/s1. The molecule has 0 aliphatic carbocycles. The van der Waals surface area contributed by atoms with Crippen LogP contribution in [0, 0.1) is 0 Å². The molecule has 0 amide bonds. The zero-order valence-electron chi connectivity index (χ0n) is 11.3. The van der Waals surface area contributed by atoms with Crippen molar-refractivity contribution in [3.05, 3.63) is 0 Å². The number of ether oxygens (including phenoxy) is 1. The van der Waals surface area contributed by atoms with Gasteiger partial charge in [0.1, 0.15) is 12.7 Å². The lowest BCUT2D eigenvalue weighted by Gasteiger charge is -2.18. The normalized spacial score (nSPS) is 12.9. The van der Waals surface area contributed by atoms with Gasteiger partial charge in [0.2, 0.25) is 0 Å². The summed E-state index contributed by atoms with van der Waals surface area (Å²) in [5, 5.41) is 32.8. The van der Waals surface area contributed by atoms with Gasteiger partial charge in [0.05, 0.1) is 17.4 Å². The van der Waals surface area contributed by atoms with Gasteiger partial charge in [-0.05, 0) is 25.7 Å². The van der Waals surface area contributed by atoms with Crippen molar-refractivity contribution in [3.63, 3.8) is 0 Å². The Balaban J connectivity index is 3.75. The molecule has 20 heavy (non-hydrogen) atoms. The van der Waals surface area contributed by atoms with Crippen LogP contribution in [0.5, 0.6) is 0 Å². The monoisotopic (exact) mass is 298 g/mol. The molecular weight excluding hydrogens is 276 g/mol. The highest BCUT2D eigenvalue weighted by molar-refractivity contribution is 5.69. The van der Waals surface area contributed by atoms with Crippen molar-refractivity contribution in [1.82, 2.24) is 10.8 Å². The molecule has 120 valence electrons. The van der Waals surface area contributed by atoms with E-state index >= 15 is 0 Å². The van der Waals surface area contributed by atoms with E-state index in [1.165, 1.54) is 0 Å². The van der Waals surface area contributed by atoms with Crippen molar-refractivity contribution in [2.75, 3.05) is 13.2 Å². The van der Waals surface area contributed by atoms with Gasteiger partial charge in [0, 0.05) is 6.42 Å². The number of unbranched alkanes of at least 4 members (excludes halogenated alkanes) is 1. The number of esters is 1. The van der Waals surface area contributed by atoms with Gasteiger partial charge in [-0.15, -0.1) is 0 Å². The van der Waals surface area contributed by atoms with E-state index in [2.05, 4.69) is 9.68 Å². The minimum absolute atomic E-state index is 0.253. The maximum absolute atomic E-state index is 11.1. The van der Waals surface area contributed by atoms with E-state index in [0.29, 0.717) is 25.7 Å². The molecule has 0 aromatic heterocycles. The minimum atomic E-state index is -0.807. The Morgan fingerprint density at radius 3 is 2.40 bits per heavy atom. The summed E-state index contributed by atoms with van der Waals surface area (Å²) in [7, 11) is 0. The summed E-state index contributed by atoms with van der Waals surface area (Å²) in [6, 6.07) is 0. The molecule has 0 fully saturated rings. The van der Waals surface area contributed by atoms with Gasteiger partial charge >= 0.3 is 5.97 Å². The number of hydrogen-bond acceptors (Lipinski definition) is 10. The first kappa shape index (κ1) is 19.1. The van der Waals surface area contributed by atoms with Crippen LogP contribution in [0.2, 0.25) is 0 Å². The van der Waals surface area contributed by atoms with Crippen LogP contribution in [-0.2, 0) is 19.2 Å². The van der Waals surface area contributed by atoms with Crippen LogP contribution < -0.4 is 0 Å². The second kappa shape index (κ2) is 11.9. The van der Waals surface area contributed by atoms with Crippen LogP contribution >= 0.6 is 0 Å². The summed E-state index contributed by atoms with van der Waals surface area (Å²) >= 11 is 0. The molecule has 4 N–H and O–H groups in total. The third kappa shape index (κ3) is 12.2. The first-order valence-corrected chi connectivity index (χ1v) is 6.26. The van der Waals surface area contributed by atoms with Crippen molar-refractivity contribution >= 4 is 5.97 Å². The number of hydrogen-bond donors (Lipinski definition) is 4. The van der Waals surface area contributed by atoms with Crippen molar-refractivity contribution in [1.29, 1.82) is 0 Å². The fraction of sp³-hybridized carbons (Fsp3) is 0.900. The molecule has 0 spiro atoms. The Morgan fingerprint density at radius 1 is 1.15 bits per heavy atom. The molecule has 1 atom stereocenters. The Kier molecular flexibility index (Phi) is 11.4. The van der Waals surface area contributed by atoms with Gasteiger partial charge in [0.25, 0.3) is 0 Å². The lowest BCUT2D eigenvalue weighted by Crippen LogP contribution is -2.31. The van der Waals surface area contributed by atoms with Crippen LogP contribution in [0.25, 0.3) is 0 Å². The van der Waals surface area contributed by atoms with Crippen LogP contribution in [0.4, 0.5) is 0 Å². The summed E-state index contributed by atoms with van der Waals surface area (Å²) in [6.45, 7) is 1.84. The Bertz CT molecular complexity index is 251. The molecule has 0 radical (unpaired) electrons. The molecule has 0 aliphatic rings. The maximum atomic E-state index is 11.1. The Hall–Kier alpha value is -0.850. The first-order chi connectivity index (χ1) is 9.45. The van der Waals surface area contributed by atoms with E-state index in [9.17, 15) is 4.79 Å². The summed E-state index contributed by atoms with van der Waals surface area (Å²) in [4.78, 5) is 19.9. The molecule has 10 nitrogen and oxygen atoms in total. The molecule has 0 unspecified atom stereocenters. The van der Waals surface area contributed by atoms with E-state index in [0.717, 1.165) is 6.42 Å². The first-order valence-electron chi connectivity index (χ1n) is 6.26. The highest BCUT2D eigenvalue weighted by Crippen LogP contribution is 2.07. The molecule has 0 bridgehead atoms. The lowest BCUT2D eigenvalue weighted by molar-refractivity contribution is -0.527. The van der Waals surface area contributed by atoms with Gasteiger partial charge in [-0.25, -0.2) is 9.68 Å². The summed E-state index contributed by atoms with van der Waals surface area (Å²) in [6.07, 6.45) is 1.75. The van der Waals surface area contributed by atoms with E-state index in [1.807, 2.05) is 6.92 Å². The summed E-state index contributed by atoms with van der Waals surface area (Å²) in [5.41, 5.74) is 0. The number of rotatable bonds is 12. The molecule has 0 rings (SSSR count). The van der Waals surface area contributed by atoms with Gasteiger partial charge in [-0.1, -0.05) is 6.92 Å². The second-order valence-electron chi connectivity index (χ2n) is 3.99. The van der Waals surface area contributed by atoms with Crippen molar-refractivity contribution in [2.24, 2.45) is 0 Å². The van der Waals surface area contributed by atoms with E-state index < -0.39 is 16.9 Å². The fourth-order valence-electron chi connectivity index (χ4n) is 1.39. The van der Waals surface area contributed by atoms with Gasteiger partial charge in [0.15, 0.2) is 0 Å². The highest BCUT2D eigenvalue weighted by atomic mass is 17.1. The quantitative estimate of drug-likeness (QED) is 0.234. The van der Waals surface area contributed by atoms with Gasteiger partial charge in [-0.2, -0.15) is 0 Å². The number of nitrogens with zero attached hydrogens (tertiary/aromatic N) is 2. The van der Waals surface area contributed by atoms with Crippen LogP contribution in [0.3, 0.4) is 0 Å². The average Bonchev–Trinajstić information content (AvgIpc) is 2.34. The predicted octanol–water partition coefficient (Wildman–Crippen LogP) is 0.893. The molecule has 0 aromatic rings. The molecule has 0 saturated carbocycles. The predicted molar refractivity (Wildman–Crippen MR) is 61.4 cm³/mol. The van der Waals surface area contributed by atoms with Crippen molar-refractivity contribution < 1.29 is 40.0 Å². The molecule has 0 aromatic carbocycles. The Labute approximate surface area is 116 Å². The van der Waals surface area contributed by atoms with Crippen molar-refractivity contribution in [3.8, 4) is 0 Å². The summed E-state index contributed by atoms with van der Waals surface area (Å²) in [5.74, 6) is -0.253.